The molecule has 0 bridgehead atoms. The monoisotopic (exact) mass is 705 g/mol. The highest BCUT2D eigenvalue weighted by Crippen LogP contribution is 2.31. The number of benzene rings is 4. The summed E-state index contributed by atoms with van der Waals surface area (Å²) in [4.78, 5) is 18.3. The van der Waals surface area contributed by atoms with E-state index in [-0.39, 0.29) is 11.4 Å². The van der Waals surface area contributed by atoms with Gasteiger partial charge in [-0.2, -0.15) is 9.78 Å². The Morgan fingerprint density at radius 2 is 1.83 bits per heavy atom. The van der Waals surface area contributed by atoms with Crippen molar-refractivity contribution in [1.29, 1.82) is 0 Å². The molecule has 2 heterocycles. The second-order valence-electron chi connectivity index (χ2n) is 9.27. The summed E-state index contributed by atoms with van der Waals surface area (Å²) < 4.78 is 21.2. The van der Waals surface area contributed by atoms with Crippen LogP contribution in [-0.4, -0.2) is 22.5 Å². The van der Waals surface area contributed by atoms with E-state index < -0.39 is 0 Å². The standard InChI is InChI=1S/C32H22Br2ClN3O4/c1-2-40-29-13-19(7-11-28(29)41-18-20-8-9-22(33)16-25(20)34)17-36-38-31(37-26-6-4-3-5-24(26)32(38)39)30-15-21-14-23(35)10-12-27(21)42-30/h3-17H,2,18H2,1H3. The van der Waals surface area contributed by atoms with E-state index in [1.165, 1.54) is 4.68 Å². The van der Waals surface area contributed by atoms with Crippen molar-refractivity contribution in [3.8, 4) is 23.1 Å². The fourth-order valence-corrected chi connectivity index (χ4v) is 5.77. The predicted octanol–water partition coefficient (Wildman–Crippen LogP) is 8.85. The maximum Gasteiger partial charge on any atom is 0.282 e. The van der Waals surface area contributed by atoms with Crippen LogP contribution in [0.2, 0.25) is 5.02 Å². The van der Waals surface area contributed by atoms with Crippen LogP contribution in [-0.2, 0) is 6.61 Å². The zero-order valence-corrected chi connectivity index (χ0v) is 26.1. The maximum atomic E-state index is 13.6. The molecule has 42 heavy (non-hydrogen) atoms. The van der Waals surface area contributed by atoms with Crippen LogP contribution in [0.5, 0.6) is 11.5 Å². The molecule has 0 amide bonds. The van der Waals surface area contributed by atoms with Gasteiger partial charge in [-0.1, -0.05) is 61.7 Å². The van der Waals surface area contributed by atoms with Gasteiger partial charge in [-0.3, -0.25) is 4.79 Å². The van der Waals surface area contributed by atoms with Crippen LogP contribution in [0, 0.1) is 0 Å². The number of hydrogen-bond acceptors (Lipinski definition) is 6. The lowest BCUT2D eigenvalue weighted by Gasteiger charge is -2.13. The smallest absolute Gasteiger partial charge is 0.282 e. The molecule has 0 aliphatic heterocycles. The first-order valence-corrected chi connectivity index (χ1v) is 14.9. The first-order chi connectivity index (χ1) is 20.4. The number of rotatable bonds is 8. The molecule has 210 valence electrons. The number of para-hydroxylation sites is 1. The van der Waals surface area contributed by atoms with Gasteiger partial charge >= 0.3 is 0 Å². The van der Waals surface area contributed by atoms with E-state index in [0.717, 1.165) is 19.9 Å². The van der Waals surface area contributed by atoms with Gasteiger partial charge in [0.25, 0.3) is 5.56 Å². The molecule has 10 heteroatoms. The summed E-state index contributed by atoms with van der Waals surface area (Å²) >= 11 is 13.2. The van der Waals surface area contributed by atoms with Crippen molar-refractivity contribution >= 4 is 71.5 Å². The van der Waals surface area contributed by atoms with Crippen LogP contribution in [0.1, 0.15) is 18.1 Å². The third kappa shape index (κ3) is 5.86. The second-order valence-corrected chi connectivity index (χ2v) is 11.5. The molecule has 0 aliphatic carbocycles. The Balaban J connectivity index is 1.37. The molecule has 0 N–H and O–H groups in total. The second kappa shape index (κ2) is 12.1. The number of furan rings is 1. The van der Waals surface area contributed by atoms with Crippen molar-refractivity contribution in [2.24, 2.45) is 5.10 Å². The van der Waals surface area contributed by atoms with Gasteiger partial charge in [0.05, 0.1) is 23.7 Å². The molecule has 0 atom stereocenters. The lowest BCUT2D eigenvalue weighted by Crippen LogP contribution is -2.20. The fourth-order valence-electron chi connectivity index (χ4n) is 4.43. The molecule has 0 aliphatic rings. The van der Waals surface area contributed by atoms with Gasteiger partial charge < -0.3 is 13.9 Å². The van der Waals surface area contributed by atoms with Gasteiger partial charge in [-0.25, -0.2) is 4.98 Å². The molecule has 7 nitrogen and oxygen atoms in total. The van der Waals surface area contributed by atoms with Crippen molar-refractivity contribution in [3.63, 3.8) is 0 Å². The van der Waals surface area contributed by atoms with Gasteiger partial charge in [0.15, 0.2) is 17.3 Å². The lowest BCUT2D eigenvalue weighted by atomic mass is 10.2. The predicted molar refractivity (Wildman–Crippen MR) is 173 cm³/mol. The van der Waals surface area contributed by atoms with Crippen LogP contribution in [0.4, 0.5) is 0 Å². The Morgan fingerprint density at radius 1 is 0.976 bits per heavy atom. The fraction of sp³-hybridized carbons (Fsp3) is 0.0938. The van der Waals surface area contributed by atoms with E-state index in [9.17, 15) is 4.79 Å². The molecular weight excluding hydrogens is 686 g/mol. The van der Waals surface area contributed by atoms with E-state index in [4.69, 9.17) is 30.5 Å². The zero-order chi connectivity index (χ0) is 29.2. The minimum absolute atomic E-state index is 0.271. The highest BCUT2D eigenvalue weighted by Gasteiger charge is 2.17. The van der Waals surface area contributed by atoms with Gasteiger partial charge in [0.2, 0.25) is 5.82 Å². The van der Waals surface area contributed by atoms with E-state index in [2.05, 4.69) is 37.0 Å². The van der Waals surface area contributed by atoms with Crippen LogP contribution in [0.15, 0.2) is 108 Å². The Hall–Kier alpha value is -3.92. The number of halogens is 3. The number of ether oxygens (including phenoxy) is 2. The van der Waals surface area contributed by atoms with E-state index in [1.54, 1.807) is 48.7 Å². The SMILES string of the molecule is CCOc1cc(C=Nn2c(-c3cc4cc(Cl)ccc4o3)nc3ccccc3c2=O)ccc1OCc1ccc(Br)cc1Br. The first kappa shape index (κ1) is 28.2. The molecule has 0 saturated heterocycles. The van der Waals surface area contributed by atoms with Crippen molar-refractivity contribution in [3.05, 3.63) is 120 Å². The Kier molecular flexibility index (Phi) is 8.15. The molecule has 2 aromatic heterocycles. The molecule has 0 saturated carbocycles. The summed E-state index contributed by atoms with van der Waals surface area (Å²) in [7, 11) is 0. The number of fused-ring (bicyclic) bond motifs is 2. The van der Waals surface area contributed by atoms with Crippen LogP contribution < -0.4 is 15.0 Å². The summed E-state index contributed by atoms with van der Waals surface area (Å²) in [6, 6.07) is 25.7. The van der Waals surface area contributed by atoms with Crippen molar-refractivity contribution < 1.29 is 13.9 Å². The number of aromatic nitrogens is 2. The average molecular weight is 708 g/mol. The quantitative estimate of drug-likeness (QED) is 0.148. The van der Waals surface area contributed by atoms with Gasteiger partial charge in [0, 0.05) is 24.9 Å². The van der Waals surface area contributed by atoms with Crippen molar-refractivity contribution in [1.82, 2.24) is 9.66 Å². The first-order valence-electron chi connectivity index (χ1n) is 13.0. The van der Waals surface area contributed by atoms with Gasteiger partial charge in [-0.15, -0.1) is 0 Å². The average Bonchev–Trinajstić information content (AvgIpc) is 3.40. The normalized spacial score (nSPS) is 11.5. The summed E-state index contributed by atoms with van der Waals surface area (Å²) in [6.45, 7) is 2.71. The zero-order valence-electron chi connectivity index (χ0n) is 22.2. The molecule has 4 aromatic carbocycles. The molecule has 6 rings (SSSR count). The third-order valence-corrected chi connectivity index (χ3v) is 7.91. The van der Waals surface area contributed by atoms with E-state index in [0.29, 0.717) is 57.5 Å². The molecular formula is C32H22Br2ClN3O4. The van der Waals surface area contributed by atoms with E-state index in [1.807, 2.05) is 49.4 Å². The van der Waals surface area contributed by atoms with Crippen molar-refractivity contribution in [2.45, 2.75) is 13.5 Å². The Labute approximate surface area is 262 Å². The Bertz CT molecular complexity index is 2040. The maximum absolute atomic E-state index is 13.6. The lowest BCUT2D eigenvalue weighted by molar-refractivity contribution is 0.269. The van der Waals surface area contributed by atoms with E-state index >= 15 is 0 Å². The number of hydrogen-bond donors (Lipinski definition) is 0. The van der Waals surface area contributed by atoms with Crippen LogP contribution >= 0.6 is 43.5 Å². The summed E-state index contributed by atoms with van der Waals surface area (Å²) in [5.41, 5.74) is 2.54. The highest BCUT2D eigenvalue weighted by molar-refractivity contribution is 9.11. The van der Waals surface area contributed by atoms with Crippen LogP contribution in [0.3, 0.4) is 0 Å². The molecule has 0 radical (unpaired) electrons. The Morgan fingerprint density at radius 3 is 2.67 bits per heavy atom. The molecule has 6 aromatic rings. The minimum Gasteiger partial charge on any atom is -0.490 e. The largest absolute Gasteiger partial charge is 0.490 e. The summed E-state index contributed by atoms with van der Waals surface area (Å²) in [6.07, 6.45) is 1.58. The summed E-state index contributed by atoms with van der Waals surface area (Å²) in [5, 5.41) is 6.37. The molecule has 0 spiro atoms. The molecule has 0 unspecified atom stereocenters. The van der Waals surface area contributed by atoms with Gasteiger partial charge in [0.1, 0.15) is 12.2 Å². The molecule has 0 fully saturated rings. The van der Waals surface area contributed by atoms with Crippen LogP contribution in [0.25, 0.3) is 33.5 Å². The highest BCUT2D eigenvalue weighted by atomic mass is 79.9. The third-order valence-electron chi connectivity index (χ3n) is 6.44. The number of nitrogens with zero attached hydrogens (tertiary/aromatic N) is 3. The van der Waals surface area contributed by atoms with Crippen molar-refractivity contribution in [2.75, 3.05) is 6.61 Å². The topological polar surface area (TPSA) is 78.9 Å². The summed E-state index contributed by atoms with van der Waals surface area (Å²) in [5.74, 6) is 1.82. The van der Waals surface area contributed by atoms with Gasteiger partial charge in [-0.05, 0) is 79.2 Å². The minimum atomic E-state index is -0.324.